The van der Waals surface area contributed by atoms with Crippen molar-refractivity contribution in [3.63, 3.8) is 0 Å². The first kappa shape index (κ1) is 16.1. The molecule has 1 atom stereocenters. The number of carbonyl (C=O) groups excluding carboxylic acids is 2. The summed E-state index contributed by atoms with van der Waals surface area (Å²) in [5, 5.41) is 3.07. The topological polar surface area (TPSA) is 70.2 Å². The van der Waals surface area contributed by atoms with Gasteiger partial charge in [-0.1, -0.05) is 29.8 Å². The van der Waals surface area contributed by atoms with Crippen LogP contribution in [0.4, 0.5) is 5.69 Å². The van der Waals surface area contributed by atoms with Crippen LogP contribution in [0.2, 0.25) is 0 Å². The summed E-state index contributed by atoms with van der Waals surface area (Å²) in [6, 6.07) is 6.00. The summed E-state index contributed by atoms with van der Waals surface area (Å²) in [4.78, 5) is 23.7. The third-order valence-corrected chi connectivity index (χ3v) is 3.79. The summed E-state index contributed by atoms with van der Waals surface area (Å²) in [5.74, 6) is -0.429. The Bertz CT molecular complexity index is 581. The quantitative estimate of drug-likeness (QED) is 0.590. The lowest BCUT2D eigenvalue weighted by molar-refractivity contribution is -0.130. The maximum Gasteiger partial charge on any atom is 0.257 e. The van der Waals surface area contributed by atoms with E-state index in [4.69, 9.17) is 0 Å². The van der Waals surface area contributed by atoms with Gasteiger partial charge >= 0.3 is 0 Å². The maximum atomic E-state index is 11.9. The number of hydrazine groups is 1. The Balaban J connectivity index is 1.73. The lowest BCUT2D eigenvalue weighted by Crippen LogP contribution is -2.46. The molecule has 0 radical (unpaired) electrons. The average Bonchev–Trinajstić information content (AvgIpc) is 2.52. The molecule has 0 saturated heterocycles. The average molecular weight is 301 g/mol. The molecule has 22 heavy (non-hydrogen) atoms. The van der Waals surface area contributed by atoms with E-state index in [0.717, 1.165) is 30.5 Å². The molecule has 3 N–H and O–H groups in total. The number of hydrogen-bond acceptors (Lipinski definition) is 3. The number of aryl methyl sites for hydroxylation is 2. The zero-order valence-corrected chi connectivity index (χ0v) is 13.1. The highest BCUT2D eigenvalue weighted by Crippen LogP contribution is 2.17. The van der Waals surface area contributed by atoms with Crippen molar-refractivity contribution in [2.24, 2.45) is 5.92 Å². The van der Waals surface area contributed by atoms with Gasteiger partial charge in [-0.05, 0) is 44.7 Å². The monoisotopic (exact) mass is 301 g/mol. The van der Waals surface area contributed by atoms with E-state index in [0.29, 0.717) is 0 Å². The molecule has 0 aliphatic heterocycles. The lowest BCUT2D eigenvalue weighted by Gasteiger charge is -2.17. The van der Waals surface area contributed by atoms with Gasteiger partial charge in [0.25, 0.3) is 5.91 Å². The van der Waals surface area contributed by atoms with Gasteiger partial charge in [0.1, 0.15) is 0 Å². The number of nitrogens with one attached hydrogen (secondary N) is 3. The van der Waals surface area contributed by atoms with Gasteiger partial charge in [0.05, 0.1) is 6.54 Å². The number of allylic oxidation sites excluding steroid dienone is 2. The maximum absolute atomic E-state index is 11.9. The van der Waals surface area contributed by atoms with Gasteiger partial charge in [-0.15, -0.1) is 0 Å². The Morgan fingerprint density at radius 2 is 2.00 bits per heavy atom. The summed E-state index contributed by atoms with van der Waals surface area (Å²) < 4.78 is 0. The SMILES string of the molecule is Cc1ccc(NCC(=O)NNC(=O)C2CC=CCC2)c(C)c1. The van der Waals surface area contributed by atoms with Gasteiger partial charge in [-0.2, -0.15) is 0 Å². The highest BCUT2D eigenvalue weighted by molar-refractivity contribution is 5.85. The van der Waals surface area contributed by atoms with Gasteiger partial charge in [0.2, 0.25) is 5.91 Å². The standard InChI is InChI=1S/C17H23N3O2/c1-12-8-9-15(13(2)10-12)18-11-16(21)19-20-17(22)14-6-4-3-5-7-14/h3-4,8-10,14,18H,5-7,11H2,1-2H3,(H,19,21)(H,20,22). The first-order valence-corrected chi connectivity index (χ1v) is 7.61. The minimum absolute atomic E-state index is 0.0439. The van der Waals surface area contributed by atoms with Crippen LogP contribution in [0.25, 0.3) is 0 Å². The van der Waals surface area contributed by atoms with E-state index in [9.17, 15) is 9.59 Å². The number of amides is 2. The molecule has 1 aliphatic rings. The Hall–Kier alpha value is -2.30. The molecule has 0 heterocycles. The van der Waals surface area contributed by atoms with Crippen LogP contribution < -0.4 is 16.2 Å². The minimum atomic E-state index is -0.264. The molecule has 1 unspecified atom stereocenters. The summed E-state index contributed by atoms with van der Waals surface area (Å²) in [5.41, 5.74) is 8.15. The molecule has 5 nitrogen and oxygen atoms in total. The fourth-order valence-corrected chi connectivity index (χ4v) is 2.50. The van der Waals surface area contributed by atoms with E-state index in [2.05, 4.69) is 28.3 Å². The van der Waals surface area contributed by atoms with E-state index in [1.54, 1.807) is 0 Å². The Labute approximate surface area is 131 Å². The molecule has 1 aromatic rings. The zero-order valence-electron chi connectivity index (χ0n) is 13.1. The predicted molar refractivity (Wildman–Crippen MR) is 87.2 cm³/mol. The summed E-state index contributed by atoms with van der Waals surface area (Å²) >= 11 is 0. The van der Waals surface area contributed by atoms with Gasteiger partial charge in [-0.25, -0.2) is 0 Å². The van der Waals surface area contributed by atoms with E-state index in [1.165, 1.54) is 5.56 Å². The molecule has 2 rings (SSSR count). The van der Waals surface area contributed by atoms with Crippen molar-refractivity contribution in [3.8, 4) is 0 Å². The van der Waals surface area contributed by atoms with Crippen molar-refractivity contribution in [1.82, 2.24) is 10.9 Å². The summed E-state index contributed by atoms with van der Waals surface area (Å²) in [6.45, 7) is 4.14. The number of anilines is 1. The van der Waals surface area contributed by atoms with Crippen molar-refractivity contribution < 1.29 is 9.59 Å². The smallest absolute Gasteiger partial charge is 0.257 e. The Kier molecular flexibility index (Phi) is 5.58. The van der Waals surface area contributed by atoms with E-state index in [1.807, 2.05) is 32.1 Å². The number of carbonyl (C=O) groups is 2. The fraction of sp³-hybridized carbons (Fsp3) is 0.412. The van der Waals surface area contributed by atoms with Gasteiger partial charge in [0.15, 0.2) is 0 Å². The number of rotatable bonds is 4. The number of benzene rings is 1. The Morgan fingerprint density at radius 3 is 2.68 bits per heavy atom. The van der Waals surface area contributed by atoms with Gasteiger partial charge in [-0.3, -0.25) is 20.4 Å². The van der Waals surface area contributed by atoms with Crippen molar-refractivity contribution in [2.45, 2.75) is 33.1 Å². The normalized spacial score (nSPS) is 16.9. The highest BCUT2D eigenvalue weighted by atomic mass is 16.2. The first-order chi connectivity index (χ1) is 10.6. The van der Waals surface area contributed by atoms with Crippen LogP contribution in [0.5, 0.6) is 0 Å². The van der Waals surface area contributed by atoms with E-state index < -0.39 is 0 Å². The van der Waals surface area contributed by atoms with Gasteiger partial charge < -0.3 is 5.32 Å². The molecule has 0 fully saturated rings. The molecule has 5 heteroatoms. The summed E-state index contributed by atoms with van der Waals surface area (Å²) in [6.07, 6.45) is 6.58. The molecule has 1 aliphatic carbocycles. The molecule has 2 amide bonds. The van der Waals surface area contributed by atoms with Crippen LogP contribution in [0, 0.1) is 19.8 Å². The second-order valence-electron chi connectivity index (χ2n) is 5.69. The predicted octanol–water partition coefficient (Wildman–Crippen LogP) is 2.22. The molecule has 1 aromatic carbocycles. The van der Waals surface area contributed by atoms with Crippen LogP contribution in [-0.4, -0.2) is 18.4 Å². The van der Waals surface area contributed by atoms with Crippen LogP contribution in [0.15, 0.2) is 30.4 Å². The van der Waals surface area contributed by atoms with E-state index in [-0.39, 0.29) is 24.3 Å². The van der Waals surface area contributed by atoms with Crippen LogP contribution in [0.1, 0.15) is 30.4 Å². The van der Waals surface area contributed by atoms with Crippen molar-refractivity contribution in [2.75, 3.05) is 11.9 Å². The highest BCUT2D eigenvalue weighted by Gasteiger charge is 2.18. The van der Waals surface area contributed by atoms with Crippen LogP contribution >= 0.6 is 0 Å². The molecule has 0 saturated carbocycles. The molecule has 0 bridgehead atoms. The largest absolute Gasteiger partial charge is 0.376 e. The van der Waals surface area contributed by atoms with Crippen LogP contribution in [-0.2, 0) is 9.59 Å². The van der Waals surface area contributed by atoms with Crippen molar-refractivity contribution >= 4 is 17.5 Å². The number of hydrogen-bond donors (Lipinski definition) is 3. The zero-order chi connectivity index (χ0) is 15.9. The van der Waals surface area contributed by atoms with Gasteiger partial charge in [0, 0.05) is 11.6 Å². The molecule has 0 aromatic heterocycles. The van der Waals surface area contributed by atoms with E-state index >= 15 is 0 Å². The minimum Gasteiger partial charge on any atom is -0.376 e. The third kappa shape index (κ3) is 4.62. The second kappa shape index (κ2) is 7.64. The third-order valence-electron chi connectivity index (χ3n) is 3.79. The molecular weight excluding hydrogens is 278 g/mol. The first-order valence-electron chi connectivity index (χ1n) is 7.61. The van der Waals surface area contributed by atoms with Crippen molar-refractivity contribution in [3.05, 3.63) is 41.5 Å². The molecular formula is C17H23N3O2. The summed E-state index contributed by atoms with van der Waals surface area (Å²) in [7, 11) is 0. The van der Waals surface area contributed by atoms with Crippen molar-refractivity contribution in [1.29, 1.82) is 0 Å². The molecule has 0 spiro atoms. The second-order valence-corrected chi connectivity index (χ2v) is 5.69. The van der Waals surface area contributed by atoms with Crippen LogP contribution in [0.3, 0.4) is 0 Å². The lowest BCUT2D eigenvalue weighted by atomic mass is 9.94. The Morgan fingerprint density at radius 1 is 1.18 bits per heavy atom. The molecule has 118 valence electrons. The fourth-order valence-electron chi connectivity index (χ4n) is 2.50.